The van der Waals surface area contributed by atoms with Gasteiger partial charge in [0.2, 0.25) is 0 Å². The van der Waals surface area contributed by atoms with Crippen LogP contribution in [-0.4, -0.2) is 37.0 Å². The van der Waals surface area contributed by atoms with Crippen LogP contribution >= 0.6 is 0 Å². The van der Waals surface area contributed by atoms with E-state index in [4.69, 9.17) is 4.74 Å². The summed E-state index contributed by atoms with van der Waals surface area (Å²) in [5.41, 5.74) is -0.124. The van der Waals surface area contributed by atoms with E-state index in [0.717, 1.165) is 37.7 Å². The summed E-state index contributed by atoms with van der Waals surface area (Å²) in [6.07, 6.45) is 7.27. The molecule has 4 atom stereocenters. The number of hydrogen-bond donors (Lipinski definition) is 2. The number of nitrogens with one attached hydrogen (secondary N) is 1. The molecule has 0 aromatic rings. The molecule has 0 radical (unpaired) electrons. The van der Waals surface area contributed by atoms with Crippen molar-refractivity contribution in [2.24, 2.45) is 17.8 Å². The number of ether oxygens (including phenoxy) is 1. The molecule has 0 saturated heterocycles. The van der Waals surface area contributed by atoms with Gasteiger partial charge in [0, 0.05) is 12.1 Å². The van der Waals surface area contributed by atoms with Crippen molar-refractivity contribution in [3.8, 4) is 0 Å². The molecule has 2 N–H and O–H groups in total. The summed E-state index contributed by atoms with van der Waals surface area (Å²) in [5, 5.41) is 12.9. The van der Waals surface area contributed by atoms with E-state index in [-0.39, 0.29) is 12.1 Å². The number of hydrogen-bond acceptors (Lipinski definition) is 3. The van der Waals surface area contributed by atoms with Gasteiger partial charge in [-0.15, -0.1) is 0 Å². The van der Waals surface area contributed by atoms with Crippen LogP contribution in [0.15, 0.2) is 0 Å². The van der Waals surface area contributed by atoms with Gasteiger partial charge in [-0.25, -0.2) is 0 Å². The van der Waals surface area contributed by atoms with E-state index >= 15 is 0 Å². The van der Waals surface area contributed by atoms with E-state index in [9.17, 15) is 5.11 Å². The Kier molecular flexibility index (Phi) is 8.22. The predicted octanol–water partition coefficient (Wildman–Crippen LogP) is 3.60. The minimum absolute atomic E-state index is 0.124. The van der Waals surface area contributed by atoms with E-state index in [1.54, 1.807) is 0 Å². The molecule has 1 fully saturated rings. The molecule has 1 rings (SSSR count). The molecule has 0 aromatic carbocycles. The lowest BCUT2D eigenvalue weighted by atomic mass is 9.75. The van der Waals surface area contributed by atoms with Crippen LogP contribution in [0.2, 0.25) is 0 Å². The summed E-state index contributed by atoms with van der Waals surface area (Å²) in [4.78, 5) is 0. The first-order chi connectivity index (χ1) is 9.98. The summed E-state index contributed by atoms with van der Waals surface area (Å²) >= 11 is 0. The SMILES string of the molecule is CCC(CO)(CCCOC1CC(C)CCC1C(C)C)NC. The fraction of sp³-hybridized carbons (Fsp3) is 1.00. The molecule has 21 heavy (non-hydrogen) atoms. The summed E-state index contributed by atoms with van der Waals surface area (Å²) < 4.78 is 6.25. The molecule has 0 bridgehead atoms. The molecule has 1 aliphatic rings. The first-order valence-electron chi connectivity index (χ1n) is 8.89. The Hall–Kier alpha value is -0.120. The zero-order valence-corrected chi connectivity index (χ0v) is 14.8. The van der Waals surface area contributed by atoms with Crippen molar-refractivity contribution in [1.29, 1.82) is 0 Å². The van der Waals surface area contributed by atoms with E-state index in [1.165, 1.54) is 19.3 Å². The van der Waals surface area contributed by atoms with E-state index in [0.29, 0.717) is 12.0 Å². The zero-order valence-electron chi connectivity index (χ0n) is 14.8. The second kappa shape index (κ2) is 9.12. The van der Waals surface area contributed by atoms with Crippen LogP contribution in [0.25, 0.3) is 0 Å². The molecule has 126 valence electrons. The molecule has 1 saturated carbocycles. The smallest absolute Gasteiger partial charge is 0.0613 e. The second-order valence-electron chi connectivity index (χ2n) is 7.38. The van der Waals surface area contributed by atoms with Crippen LogP contribution < -0.4 is 5.32 Å². The predicted molar refractivity (Wildman–Crippen MR) is 89.5 cm³/mol. The highest BCUT2D eigenvalue weighted by atomic mass is 16.5. The highest BCUT2D eigenvalue weighted by molar-refractivity contribution is 4.85. The average Bonchev–Trinajstić information content (AvgIpc) is 2.48. The molecule has 4 unspecified atom stereocenters. The Bertz CT molecular complexity index is 268. The monoisotopic (exact) mass is 299 g/mol. The lowest BCUT2D eigenvalue weighted by molar-refractivity contribution is -0.0414. The second-order valence-corrected chi connectivity index (χ2v) is 7.38. The third-order valence-electron chi connectivity index (χ3n) is 5.60. The van der Waals surface area contributed by atoms with Crippen LogP contribution in [0.5, 0.6) is 0 Å². The van der Waals surface area contributed by atoms with Crippen molar-refractivity contribution in [3.05, 3.63) is 0 Å². The fourth-order valence-electron chi connectivity index (χ4n) is 3.70. The van der Waals surface area contributed by atoms with Gasteiger partial charge in [-0.05, 0) is 56.9 Å². The van der Waals surface area contributed by atoms with Crippen LogP contribution in [0.4, 0.5) is 0 Å². The molecule has 0 amide bonds. The van der Waals surface area contributed by atoms with Gasteiger partial charge < -0.3 is 15.2 Å². The molecule has 3 heteroatoms. The average molecular weight is 299 g/mol. The van der Waals surface area contributed by atoms with Gasteiger partial charge in [0.05, 0.1) is 12.7 Å². The molecule has 0 heterocycles. The number of aliphatic hydroxyl groups is 1. The molecular formula is C18H37NO2. The molecule has 3 nitrogen and oxygen atoms in total. The Morgan fingerprint density at radius 1 is 1.33 bits per heavy atom. The van der Waals surface area contributed by atoms with E-state index in [1.807, 2.05) is 7.05 Å². The van der Waals surface area contributed by atoms with Crippen LogP contribution in [0.1, 0.15) is 66.2 Å². The largest absolute Gasteiger partial charge is 0.394 e. The summed E-state index contributed by atoms with van der Waals surface area (Å²) in [6, 6.07) is 0. The van der Waals surface area contributed by atoms with Gasteiger partial charge in [-0.3, -0.25) is 0 Å². The topological polar surface area (TPSA) is 41.5 Å². The minimum atomic E-state index is -0.124. The van der Waals surface area contributed by atoms with Gasteiger partial charge in [0.15, 0.2) is 0 Å². The highest BCUT2D eigenvalue weighted by Gasteiger charge is 2.31. The Morgan fingerprint density at radius 2 is 2.05 bits per heavy atom. The zero-order chi connectivity index (χ0) is 15.9. The maximum atomic E-state index is 9.57. The van der Waals surface area contributed by atoms with Crippen LogP contribution in [-0.2, 0) is 4.74 Å². The van der Waals surface area contributed by atoms with Gasteiger partial charge in [-0.2, -0.15) is 0 Å². The molecule has 0 spiro atoms. The standard InChI is InChI=1S/C18H37NO2/c1-6-18(13-20,19-5)10-7-11-21-17-12-15(4)8-9-16(17)14(2)3/h14-17,19-20H,6-13H2,1-5H3. The fourth-order valence-corrected chi connectivity index (χ4v) is 3.70. The van der Waals surface area contributed by atoms with Gasteiger partial charge in [0.1, 0.15) is 0 Å². The van der Waals surface area contributed by atoms with Gasteiger partial charge in [-0.1, -0.05) is 34.1 Å². The van der Waals surface area contributed by atoms with E-state index < -0.39 is 0 Å². The lowest BCUT2D eigenvalue weighted by Crippen LogP contribution is -2.46. The summed E-state index contributed by atoms with van der Waals surface area (Å²) in [6.45, 7) is 10.2. The summed E-state index contributed by atoms with van der Waals surface area (Å²) in [7, 11) is 1.94. The Morgan fingerprint density at radius 3 is 2.57 bits per heavy atom. The number of aliphatic hydroxyl groups excluding tert-OH is 1. The first kappa shape index (κ1) is 18.9. The number of rotatable bonds is 9. The Balaban J connectivity index is 2.38. The van der Waals surface area contributed by atoms with Crippen molar-refractivity contribution in [3.63, 3.8) is 0 Å². The maximum absolute atomic E-state index is 9.57. The van der Waals surface area contributed by atoms with Crippen molar-refractivity contribution in [2.45, 2.75) is 77.9 Å². The minimum Gasteiger partial charge on any atom is -0.394 e. The number of likely N-dealkylation sites (N-methyl/N-ethyl adjacent to an activating group) is 1. The van der Waals surface area contributed by atoms with Crippen LogP contribution in [0.3, 0.4) is 0 Å². The Labute approximate surface area is 131 Å². The third-order valence-corrected chi connectivity index (χ3v) is 5.60. The molecule has 1 aliphatic carbocycles. The van der Waals surface area contributed by atoms with Crippen LogP contribution in [0, 0.1) is 17.8 Å². The quantitative estimate of drug-likeness (QED) is 0.639. The van der Waals surface area contributed by atoms with Crippen molar-refractivity contribution in [2.75, 3.05) is 20.3 Å². The van der Waals surface area contributed by atoms with Gasteiger partial charge >= 0.3 is 0 Å². The molecule has 0 aliphatic heterocycles. The first-order valence-corrected chi connectivity index (χ1v) is 8.89. The third kappa shape index (κ3) is 5.54. The van der Waals surface area contributed by atoms with Crippen molar-refractivity contribution >= 4 is 0 Å². The maximum Gasteiger partial charge on any atom is 0.0613 e. The normalized spacial score (nSPS) is 29.6. The van der Waals surface area contributed by atoms with Crippen molar-refractivity contribution in [1.82, 2.24) is 5.32 Å². The highest BCUT2D eigenvalue weighted by Crippen LogP contribution is 2.35. The van der Waals surface area contributed by atoms with Gasteiger partial charge in [0.25, 0.3) is 0 Å². The lowest BCUT2D eigenvalue weighted by Gasteiger charge is -2.37. The molecular weight excluding hydrogens is 262 g/mol. The van der Waals surface area contributed by atoms with E-state index in [2.05, 4.69) is 33.0 Å². The summed E-state index contributed by atoms with van der Waals surface area (Å²) in [5.74, 6) is 2.24. The molecule has 0 aromatic heterocycles. The van der Waals surface area contributed by atoms with Crippen molar-refractivity contribution < 1.29 is 9.84 Å².